The Balaban J connectivity index is 3.68. The minimum Gasteiger partial charge on any atom is -0.444 e. The van der Waals surface area contributed by atoms with Gasteiger partial charge in [-0.05, 0) is 20.8 Å². The van der Waals surface area contributed by atoms with Crippen LogP contribution in [0.5, 0.6) is 0 Å². The van der Waals surface area contributed by atoms with E-state index in [-0.39, 0.29) is 6.67 Å². The first-order valence-electron chi connectivity index (χ1n) is 3.46. The van der Waals surface area contributed by atoms with Gasteiger partial charge >= 0.3 is 6.09 Å². The van der Waals surface area contributed by atoms with Gasteiger partial charge in [0.1, 0.15) is 12.3 Å². The van der Waals surface area contributed by atoms with Crippen LogP contribution in [0.4, 0.5) is 4.79 Å². The smallest absolute Gasteiger partial charge is 0.409 e. The number of rotatable bonds is 2. The van der Waals surface area contributed by atoms with Gasteiger partial charge in [-0.25, -0.2) is 9.59 Å². The molecule has 0 aliphatic rings. The average Bonchev–Trinajstić information content (AvgIpc) is 1.84. The molecule has 0 aliphatic carbocycles. The lowest BCUT2D eigenvalue weighted by Crippen LogP contribution is -2.32. The van der Waals surface area contributed by atoms with Crippen molar-refractivity contribution in [3.05, 3.63) is 0 Å². The van der Waals surface area contributed by atoms with E-state index in [1.54, 1.807) is 20.8 Å². The van der Waals surface area contributed by atoms with Crippen molar-refractivity contribution in [2.45, 2.75) is 26.4 Å². The number of carbonyl (C=O) groups is 1. The van der Waals surface area contributed by atoms with Crippen LogP contribution in [0, 0.1) is 0 Å². The number of isocyanates is 1. The normalized spacial score (nSPS) is 9.92. The molecule has 0 aromatic heterocycles. The van der Waals surface area contributed by atoms with Crippen LogP contribution < -0.4 is 5.32 Å². The molecule has 0 fully saturated rings. The van der Waals surface area contributed by atoms with Crippen LogP contribution in [-0.4, -0.2) is 24.4 Å². The molecule has 0 atom stereocenters. The highest BCUT2D eigenvalue weighted by molar-refractivity contribution is 5.67. The molecular weight excluding hydrogens is 160 g/mol. The van der Waals surface area contributed by atoms with Gasteiger partial charge in [0.15, 0.2) is 0 Å². The Morgan fingerprint density at radius 2 is 2.17 bits per heavy atom. The van der Waals surface area contributed by atoms with E-state index < -0.39 is 11.7 Å². The van der Waals surface area contributed by atoms with Crippen molar-refractivity contribution in [3.63, 3.8) is 0 Å². The third-order valence-electron chi connectivity index (χ3n) is 0.766. The van der Waals surface area contributed by atoms with Crippen LogP contribution in [0.3, 0.4) is 0 Å². The van der Waals surface area contributed by atoms with E-state index in [4.69, 9.17) is 4.74 Å². The predicted molar refractivity (Wildman–Crippen MR) is 42.4 cm³/mol. The fourth-order valence-corrected chi connectivity index (χ4v) is 0.451. The molecule has 0 rings (SSSR count). The van der Waals surface area contributed by atoms with Gasteiger partial charge < -0.3 is 10.1 Å². The van der Waals surface area contributed by atoms with Crippen LogP contribution in [-0.2, 0) is 9.53 Å². The van der Waals surface area contributed by atoms with Gasteiger partial charge in [-0.1, -0.05) is 0 Å². The molecule has 0 heterocycles. The van der Waals surface area contributed by atoms with Crippen LogP contribution in [0.25, 0.3) is 0 Å². The van der Waals surface area contributed by atoms with Crippen molar-refractivity contribution in [1.82, 2.24) is 5.32 Å². The standard InChI is InChI=1S/C7H12N2O3/c1-7(2,3)12-6(11)9-4-8-5-10/h4H2,1-3H3,(H,9,11). The van der Waals surface area contributed by atoms with E-state index in [1.165, 1.54) is 6.08 Å². The zero-order valence-corrected chi connectivity index (χ0v) is 7.38. The summed E-state index contributed by atoms with van der Waals surface area (Å²) < 4.78 is 4.84. The molecular formula is C7H12N2O3. The molecule has 0 aromatic rings. The van der Waals surface area contributed by atoms with E-state index in [1.807, 2.05) is 0 Å². The van der Waals surface area contributed by atoms with Gasteiger partial charge in [-0.3, -0.25) is 0 Å². The van der Waals surface area contributed by atoms with E-state index in [0.29, 0.717) is 0 Å². The van der Waals surface area contributed by atoms with Crippen molar-refractivity contribution in [2.24, 2.45) is 4.99 Å². The molecule has 5 heteroatoms. The Hall–Kier alpha value is -1.35. The number of hydrogen-bond donors (Lipinski definition) is 1. The third kappa shape index (κ3) is 6.77. The molecule has 0 radical (unpaired) electrons. The Bertz CT molecular complexity index is 201. The molecule has 0 saturated carbocycles. The van der Waals surface area contributed by atoms with Gasteiger partial charge in [0.25, 0.3) is 0 Å². The average molecular weight is 172 g/mol. The molecule has 1 N–H and O–H groups in total. The van der Waals surface area contributed by atoms with Gasteiger partial charge in [-0.15, -0.1) is 0 Å². The molecule has 0 bridgehead atoms. The first-order valence-corrected chi connectivity index (χ1v) is 3.46. The van der Waals surface area contributed by atoms with E-state index >= 15 is 0 Å². The summed E-state index contributed by atoms with van der Waals surface area (Å²) in [6.45, 7) is 5.14. The molecule has 68 valence electrons. The van der Waals surface area contributed by atoms with Gasteiger partial charge in [0, 0.05) is 0 Å². The molecule has 0 aliphatic heterocycles. The summed E-state index contributed by atoms with van der Waals surface area (Å²) >= 11 is 0. The highest BCUT2D eigenvalue weighted by Crippen LogP contribution is 2.05. The third-order valence-corrected chi connectivity index (χ3v) is 0.766. The molecule has 0 saturated heterocycles. The minimum absolute atomic E-state index is 0.0988. The van der Waals surface area contributed by atoms with E-state index in [9.17, 15) is 9.59 Å². The monoisotopic (exact) mass is 172 g/mol. The lowest BCUT2D eigenvalue weighted by atomic mass is 10.2. The van der Waals surface area contributed by atoms with Gasteiger partial charge in [0.05, 0.1) is 0 Å². The van der Waals surface area contributed by atoms with Crippen molar-refractivity contribution in [1.29, 1.82) is 0 Å². The second-order valence-electron chi connectivity index (χ2n) is 3.09. The van der Waals surface area contributed by atoms with Crippen molar-refractivity contribution in [3.8, 4) is 0 Å². The highest BCUT2D eigenvalue weighted by Gasteiger charge is 2.14. The maximum absolute atomic E-state index is 10.8. The molecule has 5 nitrogen and oxygen atoms in total. The van der Waals surface area contributed by atoms with Gasteiger partial charge in [-0.2, -0.15) is 4.99 Å². The number of amides is 1. The first-order chi connectivity index (χ1) is 5.45. The van der Waals surface area contributed by atoms with Crippen LogP contribution in [0.1, 0.15) is 20.8 Å². The molecule has 0 unspecified atom stereocenters. The molecule has 1 amide bonds. The predicted octanol–water partition coefficient (Wildman–Crippen LogP) is 0.804. The van der Waals surface area contributed by atoms with Crippen molar-refractivity contribution >= 4 is 12.2 Å². The molecule has 0 aromatic carbocycles. The maximum Gasteiger partial charge on any atom is 0.409 e. The number of alkyl carbamates (subject to hydrolysis) is 1. The Kier molecular flexibility index (Phi) is 4.00. The first kappa shape index (κ1) is 10.7. The lowest BCUT2D eigenvalue weighted by Gasteiger charge is -2.18. The number of nitrogens with one attached hydrogen (secondary N) is 1. The SMILES string of the molecule is CC(C)(C)OC(=O)NCN=C=O. The Morgan fingerprint density at radius 3 is 2.58 bits per heavy atom. The quantitative estimate of drug-likeness (QED) is 0.495. The van der Waals surface area contributed by atoms with E-state index in [2.05, 4.69) is 10.3 Å². The zero-order valence-electron chi connectivity index (χ0n) is 7.38. The second kappa shape index (κ2) is 4.51. The number of hydrogen-bond acceptors (Lipinski definition) is 4. The fraction of sp³-hybridized carbons (Fsp3) is 0.714. The maximum atomic E-state index is 10.8. The summed E-state index contributed by atoms with van der Waals surface area (Å²) in [6, 6.07) is 0. The van der Waals surface area contributed by atoms with Crippen LogP contribution >= 0.6 is 0 Å². The summed E-state index contributed by atoms with van der Waals surface area (Å²) in [5, 5.41) is 2.25. The number of ether oxygens (including phenoxy) is 1. The van der Waals surface area contributed by atoms with E-state index in [0.717, 1.165) is 0 Å². The number of carbonyl (C=O) groups excluding carboxylic acids is 2. The summed E-state index contributed by atoms with van der Waals surface area (Å²) in [4.78, 5) is 23.5. The van der Waals surface area contributed by atoms with Crippen LogP contribution in [0.2, 0.25) is 0 Å². The topological polar surface area (TPSA) is 67.8 Å². The summed E-state index contributed by atoms with van der Waals surface area (Å²) in [6.07, 6.45) is 0.695. The van der Waals surface area contributed by atoms with Crippen molar-refractivity contribution < 1.29 is 14.3 Å². The summed E-state index contributed by atoms with van der Waals surface area (Å²) in [7, 11) is 0. The summed E-state index contributed by atoms with van der Waals surface area (Å²) in [5.74, 6) is 0. The highest BCUT2D eigenvalue weighted by atomic mass is 16.6. The number of aliphatic imine (C=N–C) groups is 1. The zero-order chi connectivity index (χ0) is 9.61. The fourth-order valence-electron chi connectivity index (χ4n) is 0.451. The summed E-state index contributed by atoms with van der Waals surface area (Å²) in [5.41, 5.74) is -0.533. The molecule has 0 spiro atoms. The second-order valence-corrected chi connectivity index (χ2v) is 3.09. The largest absolute Gasteiger partial charge is 0.444 e. The van der Waals surface area contributed by atoms with Gasteiger partial charge in [0.2, 0.25) is 6.08 Å². The van der Waals surface area contributed by atoms with Crippen LogP contribution in [0.15, 0.2) is 4.99 Å². The van der Waals surface area contributed by atoms with Crippen molar-refractivity contribution in [2.75, 3.05) is 6.67 Å². The minimum atomic E-state index is -0.596. The Labute approximate surface area is 70.8 Å². The lowest BCUT2D eigenvalue weighted by molar-refractivity contribution is 0.0530. The number of nitrogens with zero attached hydrogens (tertiary/aromatic N) is 1. The molecule has 12 heavy (non-hydrogen) atoms. The Morgan fingerprint density at radius 1 is 1.58 bits per heavy atom.